The van der Waals surface area contributed by atoms with Crippen LogP contribution in [0.4, 0.5) is 5.69 Å². The highest BCUT2D eigenvalue weighted by Crippen LogP contribution is 2.29. The first-order chi connectivity index (χ1) is 17.7. The van der Waals surface area contributed by atoms with Gasteiger partial charge in [0.15, 0.2) is 6.29 Å². The Labute approximate surface area is 222 Å². The molecule has 0 aliphatic carbocycles. The molecule has 0 aromatic heterocycles. The van der Waals surface area contributed by atoms with E-state index in [4.69, 9.17) is 25.8 Å². The van der Waals surface area contributed by atoms with Crippen molar-refractivity contribution in [3.05, 3.63) is 54.1 Å². The third kappa shape index (κ3) is 10.3. The van der Waals surface area contributed by atoms with Crippen molar-refractivity contribution < 1.29 is 37.3 Å². The summed E-state index contributed by atoms with van der Waals surface area (Å²) in [4.78, 5) is 23.4. The fraction of sp³-hybridized carbons (Fsp3) is 0.440. The average molecular weight is 557 g/mol. The average Bonchev–Trinajstić information content (AvgIpc) is 2.86. The van der Waals surface area contributed by atoms with Gasteiger partial charge in [-0.2, -0.15) is 0 Å². The molecule has 0 saturated heterocycles. The predicted molar refractivity (Wildman–Crippen MR) is 139 cm³/mol. The number of alkyl halides is 1. The standard InChI is InChI=1S/C25H33ClN2O8S/c1-3-34-25(35-4-2)20(16-24(30)31)28-37(32,33)22-13-12-19(27-23(29)11-8-14-26)15-21(22)36-17-18-9-6-5-7-10-18/h5-7,9-10,12-13,15,20,25,28H,3-4,8,11,14,16-17H2,1-2H3,(H,27,29)(H,30,31)/t20-/m0/s1. The molecule has 0 aliphatic rings. The molecule has 1 atom stereocenters. The SMILES string of the molecule is CCOC(OCC)[C@H](CC(=O)O)NS(=O)(=O)c1ccc(NC(=O)CCCCl)cc1OCc1ccccc1. The number of ether oxygens (including phenoxy) is 3. The van der Waals surface area contributed by atoms with Gasteiger partial charge in [0.05, 0.1) is 12.5 Å². The van der Waals surface area contributed by atoms with Crippen molar-refractivity contribution in [3.8, 4) is 5.75 Å². The van der Waals surface area contributed by atoms with Crippen LogP contribution in [0.3, 0.4) is 0 Å². The van der Waals surface area contributed by atoms with E-state index in [1.165, 1.54) is 18.2 Å². The maximum atomic E-state index is 13.4. The zero-order chi connectivity index (χ0) is 27.3. The van der Waals surface area contributed by atoms with Crippen LogP contribution in [0.1, 0.15) is 38.7 Å². The first kappa shape index (κ1) is 30.5. The Morgan fingerprint density at radius 3 is 2.32 bits per heavy atom. The molecule has 0 radical (unpaired) electrons. The maximum absolute atomic E-state index is 13.4. The van der Waals surface area contributed by atoms with E-state index in [1.807, 2.05) is 30.3 Å². The molecule has 0 saturated carbocycles. The van der Waals surface area contributed by atoms with Crippen LogP contribution in [-0.4, -0.2) is 56.8 Å². The molecule has 0 aliphatic heterocycles. The van der Waals surface area contributed by atoms with Crippen LogP contribution in [0.2, 0.25) is 0 Å². The zero-order valence-electron chi connectivity index (χ0n) is 20.8. The fourth-order valence-corrected chi connectivity index (χ4v) is 4.84. The molecule has 1 amide bonds. The van der Waals surface area contributed by atoms with Crippen molar-refractivity contribution in [1.82, 2.24) is 4.72 Å². The minimum absolute atomic E-state index is 0.0232. The van der Waals surface area contributed by atoms with Crippen LogP contribution in [0.15, 0.2) is 53.4 Å². The molecule has 2 aromatic carbocycles. The van der Waals surface area contributed by atoms with Crippen LogP contribution in [-0.2, 0) is 35.7 Å². The van der Waals surface area contributed by atoms with Gasteiger partial charge in [-0.3, -0.25) is 9.59 Å². The highest BCUT2D eigenvalue weighted by Gasteiger charge is 2.32. The van der Waals surface area contributed by atoms with Gasteiger partial charge < -0.3 is 24.6 Å². The molecular formula is C25H33ClN2O8S. The summed E-state index contributed by atoms with van der Waals surface area (Å²) in [6, 6.07) is 12.0. The minimum atomic E-state index is -4.31. The smallest absolute Gasteiger partial charge is 0.305 e. The Morgan fingerprint density at radius 1 is 1.05 bits per heavy atom. The van der Waals surface area contributed by atoms with E-state index in [0.717, 1.165) is 5.56 Å². The Balaban J connectivity index is 2.40. The summed E-state index contributed by atoms with van der Waals surface area (Å²) in [6.45, 7) is 3.81. The largest absolute Gasteiger partial charge is 0.487 e. The summed E-state index contributed by atoms with van der Waals surface area (Å²) in [5.41, 5.74) is 1.14. The molecule has 0 unspecified atom stereocenters. The lowest BCUT2D eigenvalue weighted by Crippen LogP contribution is -2.47. The number of nitrogens with one attached hydrogen (secondary N) is 2. The number of benzene rings is 2. The molecular weight excluding hydrogens is 524 g/mol. The number of halogens is 1. The number of amides is 1. The third-order valence-electron chi connectivity index (χ3n) is 4.98. The van der Waals surface area contributed by atoms with Gasteiger partial charge >= 0.3 is 5.97 Å². The molecule has 2 aromatic rings. The van der Waals surface area contributed by atoms with Gasteiger partial charge in [-0.1, -0.05) is 30.3 Å². The van der Waals surface area contributed by atoms with E-state index >= 15 is 0 Å². The lowest BCUT2D eigenvalue weighted by atomic mass is 10.2. The Morgan fingerprint density at radius 2 is 1.73 bits per heavy atom. The molecule has 0 spiro atoms. The summed E-state index contributed by atoms with van der Waals surface area (Å²) >= 11 is 5.65. The van der Waals surface area contributed by atoms with Gasteiger partial charge in [0.1, 0.15) is 17.3 Å². The summed E-state index contributed by atoms with van der Waals surface area (Å²) < 4.78 is 46.1. The lowest BCUT2D eigenvalue weighted by Gasteiger charge is -2.26. The van der Waals surface area contributed by atoms with Gasteiger partial charge in [0.25, 0.3) is 0 Å². The molecule has 2 rings (SSSR count). The summed E-state index contributed by atoms with van der Waals surface area (Å²) in [5.74, 6) is -1.19. The van der Waals surface area contributed by atoms with Gasteiger partial charge in [0.2, 0.25) is 15.9 Å². The van der Waals surface area contributed by atoms with E-state index < -0.39 is 34.7 Å². The number of sulfonamides is 1. The van der Waals surface area contributed by atoms with Crippen LogP contribution in [0.5, 0.6) is 5.75 Å². The fourth-order valence-electron chi connectivity index (χ4n) is 3.36. The second-order valence-corrected chi connectivity index (χ2v) is 9.94. The van der Waals surface area contributed by atoms with E-state index in [0.29, 0.717) is 18.0 Å². The molecule has 0 bridgehead atoms. The molecule has 37 heavy (non-hydrogen) atoms. The second-order valence-electron chi connectivity index (χ2n) is 7.88. The van der Waals surface area contributed by atoms with Crippen LogP contribution in [0.25, 0.3) is 0 Å². The summed E-state index contributed by atoms with van der Waals surface area (Å²) in [7, 11) is -4.31. The second kappa shape index (κ2) is 15.5. The third-order valence-corrected chi connectivity index (χ3v) is 6.78. The van der Waals surface area contributed by atoms with Crippen molar-refractivity contribution in [2.45, 2.75) is 56.9 Å². The predicted octanol–water partition coefficient (Wildman–Crippen LogP) is 3.74. The Hall–Kier alpha value is -2.70. The molecule has 10 nitrogen and oxygen atoms in total. The van der Waals surface area contributed by atoms with Gasteiger partial charge in [-0.05, 0) is 38.0 Å². The van der Waals surface area contributed by atoms with Gasteiger partial charge in [0, 0.05) is 37.3 Å². The van der Waals surface area contributed by atoms with Crippen LogP contribution < -0.4 is 14.8 Å². The number of anilines is 1. The molecule has 0 heterocycles. The molecule has 12 heteroatoms. The van der Waals surface area contributed by atoms with Crippen molar-refractivity contribution in [1.29, 1.82) is 0 Å². The first-order valence-electron chi connectivity index (χ1n) is 11.8. The summed E-state index contributed by atoms with van der Waals surface area (Å²) in [6.07, 6.45) is -0.987. The highest BCUT2D eigenvalue weighted by atomic mass is 35.5. The number of carbonyl (C=O) groups excluding carboxylic acids is 1. The van der Waals surface area contributed by atoms with E-state index in [-0.39, 0.29) is 42.8 Å². The number of carboxylic acids is 1. The van der Waals surface area contributed by atoms with Crippen LogP contribution >= 0.6 is 11.6 Å². The van der Waals surface area contributed by atoms with E-state index in [9.17, 15) is 23.1 Å². The molecule has 3 N–H and O–H groups in total. The number of hydrogen-bond donors (Lipinski definition) is 3. The first-order valence-corrected chi connectivity index (χ1v) is 13.9. The van der Waals surface area contributed by atoms with Crippen molar-refractivity contribution in [3.63, 3.8) is 0 Å². The zero-order valence-corrected chi connectivity index (χ0v) is 22.4. The Kier molecular flexibility index (Phi) is 12.8. The normalized spacial score (nSPS) is 12.3. The molecule has 0 fully saturated rings. The van der Waals surface area contributed by atoms with E-state index in [1.54, 1.807) is 13.8 Å². The number of rotatable bonds is 17. The molecule has 204 valence electrons. The number of carbonyl (C=O) groups is 2. The topological polar surface area (TPSA) is 140 Å². The lowest BCUT2D eigenvalue weighted by molar-refractivity contribution is -0.160. The highest BCUT2D eigenvalue weighted by molar-refractivity contribution is 7.89. The van der Waals surface area contributed by atoms with Crippen molar-refractivity contribution >= 4 is 39.2 Å². The van der Waals surface area contributed by atoms with Crippen molar-refractivity contribution in [2.75, 3.05) is 24.4 Å². The number of hydrogen-bond acceptors (Lipinski definition) is 7. The number of aliphatic carboxylic acids is 1. The van der Waals surface area contributed by atoms with Gasteiger partial charge in [-0.15, -0.1) is 11.6 Å². The maximum Gasteiger partial charge on any atom is 0.305 e. The van der Waals surface area contributed by atoms with Crippen LogP contribution in [0, 0.1) is 0 Å². The Bertz CT molecular complexity index is 1110. The monoisotopic (exact) mass is 556 g/mol. The summed E-state index contributed by atoms with van der Waals surface area (Å²) in [5, 5.41) is 12.1. The quantitative estimate of drug-likeness (QED) is 0.198. The number of carboxylic acid groups (broad SMARTS) is 1. The van der Waals surface area contributed by atoms with Gasteiger partial charge in [-0.25, -0.2) is 13.1 Å². The van der Waals surface area contributed by atoms with E-state index in [2.05, 4.69) is 10.0 Å². The van der Waals surface area contributed by atoms with Crippen molar-refractivity contribution in [2.24, 2.45) is 0 Å². The minimum Gasteiger partial charge on any atom is -0.487 e.